The summed E-state index contributed by atoms with van der Waals surface area (Å²) in [6, 6.07) is 4.02. The van der Waals surface area contributed by atoms with Crippen molar-refractivity contribution in [2.24, 2.45) is 5.73 Å². The highest BCUT2D eigenvalue weighted by atomic mass is 16.3. The van der Waals surface area contributed by atoms with Crippen molar-refractivity contribution in [3.8, 4) is 5.75 Å². The predicted octanol–water partition coefficient (Wildman–Crippen LogP) is 0.264. The van der Waals surface area contributed by atoms with Gasteiger partial charge in [0.05, 0.1) is 0 Å². The lowest BCUT2D eigenvalue weighted by molar-refractivity contribution is -0.122. The number of benzene rings is 1. The summed E-state index contributed by atoms with van der Waals surface area (Å²) in [6.07, 6.45) is 0.618. The molecule has 5 heteroatoms. The molecule has 0 unspecified atom stereocenters. The molecule has 90 valence electrons. The van der Waals surface area contributed by atoms with Crippen LogP contribution >= 0.6 is 0 Å². The SMILES string of the molecule is C[C@H](C(N)=O)N1CCc2cc(O)ccc2C1=O. The van der Waals surface area contributed by atoms with Crippen LogP contribution in [0.15, 0.2) is 18.2 Å². The summed E-state index contributed by atoms with van der Waals surface area (Å²) in [6.45, 7) is 2.06. The lowest BCUT2D eigenvalue weighted by Crippen LogP contribution is -2.49. The summed E-state index contributed by atoms with van der Waals surface area (Å²) in [5.74, 6) is -0.578. The number of phenols is 1. The van der Waals surface area contributed by atoms with Gasteiger partial charge in [-0.05, 0) is 37.1 Å². The predicted molar refractivity (Wildman–Crippen MR) is 61.5 cm³/mol. The number of carbonyl (C=O) groups excluding carboxylic acids is 2. The van der Waals surface area contributed by atoms with Gasteiger partial charge in [-0.1, -0.05) is 0 Å². The van der Waals surface area contributed by atoms with Crippen LogP contribution in [-0.4, -0.2) is 34.4 Å². The van der Waals surface area contributed by atoms with Crippen molar-refractivity contribution in [1.82, 2.24) is 4.90 Å². The Labute approximate surface area is 98.8 Å². The topological polar surface area (TPSA) is 83.6 Å². The number of aromatic hydroxyl groups is 1. The second kappa shape index (κ2) is 4.08. The second-order valence-electron chi connectivity index (χ2n) is 4.17. The van der Waals surface area contributed by atoms with E-state index >= 15 is 0 Å². The normalized spacial score (nSPS) is 16.5. The molecule has 1 aromatic rings. The number of rotatable bonds is 2. The van der Waals surface area contributed by atoms with Crippen LogP contribution in [0, 0.1) is 0 Å². The Kier molecular flexibility index (Phi) is 2.75. The standard InChI is InChI=1S/C12H14N2O3/c1-7(11(13)16)14-5-4-8-6-9(15)2-3-10(8)12(14)17/h2-3,6-7,15H,4-5H2,1H3,(H2,13,16)/t7-/m1/s1. The van der Waals surface area contributed by atoms with Gasteiger partial charge in [0.15, 0.2) is 0 Å². The molecule has 1 heterocycles. The van der Waals surface area contributed by atoms with Gasteiger partial charge in [-0.25, -0.2) is 0 Å². The summed E-state index contributed by atoms with van der Waals surface area (Å²) in [5, 5.41) is 9.34. The van der Waals surface area contributed by atoms with E-state index in [1.807, 2.05) is 0 Å². The molecule has 1 aliphatic heterocycles. The monoisotopic (exact) mass is 234 g/mol. The van der Waals surface area contributed by atoms with Crippen molar-refractivity contribution in [2.75, 3.05) is 6.54 Å². The molecular formula is C12H14N2O3. The maximum Gasteiger partial charge on any atom is 0.254 e. The van der Waals surface area contributed by atoms with Crippen molar-refractivity contribution < 1.29 is 14.7 Å². The first-order valence-electron chi connectivity index (χ1n) is 5.43. The van der Waals surface area contributed by atoms with Gasteiger partial charge < -0.3 is 15.7 Å². The maximum absolute atomic E-state index is 12.1. The van der Waals surface area contributed by atoms with Gasteiger partial charge in [0, 0.05) is 12.1 Å². The van der Waals surface area contributed by atoms with Gasteiger partial charge in [0.1, 0.15) is 11.8 Å². The minimum Gasteiger partial charge on any atom is -0.508 e. The summed E-state index contributed by atoms with van der Waals surface area (Å²) in [7, 11) is 0. The quantitative estimate of drug-likeness (QED) is 0.770. The average molecular weight is 234 g/mol. The number of amides is 2. The van der Waals surface area contributed by atoms with Crippen LogP contribution in [0.3, 0.4) is 0 Å². The Morgan fingerprint density at radius 1 is 1.53 bits per heavy atom. The van der Waals surface area contributed by atoms with Crippen molar-refractivity contribution in [3.05, 3.63) is 29.3 Å². The van der Waals surface area contributed by atoms with Crippen molar-refractivity contribution >= 4 is 11.8 Å². The Morgan fingerprint density at radius 3 is 2.88 bits per heavy atom. The van der Waals surface area contributed by atoms with E-state index in [-0.39, 0.29) is 11.7 Å². The fraction of sp³-hybridized carbons (Fsp3) is 0.333. The first-order chi connectivity index (χ1) is 8.00. The van der Waals surface area contributed by atoms with Crippen molar-refractivity contribution in [3.63, 3.8) is 0 Å². The molecular weight excluding hydrogens is 220 g/mol. The molecule has 0 saturated carbocycles. The number of hydrogen-bond acceptors (Lipinski definition) is 3. The van der Waals surface area contributed by atoms with E-state index in [0.29, 0.717) is 18.5 Å². The lowest BCUT2D eigenvalue weighted by atomic mass is 9.97. The molecule has 5 nitrogen and oxygen atoms in total. The number of carbonyl (C=O) groups is 2. The maximum atomic E-state index is 12.1. The zero-order valence-corrected chi connectivity index (χ0v) is 9.51. The Bertz CT molecular complexity index is 485. The fourth-order valence-electron chi connectivity index (χ4n) is 2.02. The number of fused-ring (bicyclic) bond motifs is 1. The van der Waals surface area contributed by atoms with Gasteiger partial charge in [-0.15, -0.1) is 0 Å². The minimum atomic E-state index is -0.607. The van der Waals surface area contributed by atoms with Crippen LogP contribution in [0.5, 0.6) is 5.75 Å². The molecule has 3 N–H and O–H groups in total. The first-order valence-corrected chi connectivity index (χ1v) is 5.43. The Morgan fingerprint density at radius 2 is 2.24 bits per heavy atom. The zero-order valence-electron chi connectivity index (χ0n) is 9.51. The third-order valence-electron chi connectivity index (χ3n) is 3.08. The molecule has 2 amide bonds. The Hall–Kier alpha value is -2.04. The van der Waals surface area contributed by atoms with Crippen LogP contribution in [0.4, 0.5) is 0 Å². The number of hydrogen-bond donors (Lipinski definition) is 2. The second-order valence-corrected chi connectivity index (χ2v) is 4.17. The smallest absolute Gasteiger partial charge is 0.254 e. The highest BCUT2D eigenvalue weighted by Crippen LogP contribution is 2.24. The molecule has 0 aromatic heterocycles. The highest BCUT2D eigenvalue weighted by molar-refractivity contribution is 5.99. The van der Waals surface area contributed by atoms with Crippen molar-refractivity contribution in [1.29, 1.82) is 0 Å². The van der Waals surface area contributed by atoms with Gasteiger partial charge in [0.2, 0.25) is 5.91 Å². The summed E-state index contributed by atoms with van der Waals surface area (Å²) >= 11 is 0. The molecule has 0 aliphatic carbocycles. The summed E-state index contributed by atoms with van der Waals surface area (Å²) in [5.41, 5.74) is 6.54. The molecule has 2 rings (SSSR count). The van der Waals surface area contributed by atoms with E-state index in [2.05, 4.69) is 0 Å². The average Bonchev–Trinajstić information content (AvgIpc) is 2.28. The van der Waals surface area contributed by atoms with Crippen molar-refractivity contribution in [2.45, 2.75) is 19.4 Å². The third kappa shape index (κ3) is 1.95. The van der Waals surface area contributed by atoms with E-state index in [1.165, 1.54) is 11.0 Å². The molecule has 1 atom stereocenters. The molecule has 0 bridgehead atoms. The van der Waals surface area contributed by atoms with E-state index in [4.69, 9.17) is 5.73 Å². The Balaban J connectivity index is 2.33. The van der Waals surface area contributed by atoms with Crippen LogP contribution in [0.25, 0.3) is 0 Å². The summed E-state index contributed by atoms with van der Waals surface area (Å²) in [4.78, 5) is 24.7. The number of primary amides is 1. The largest absolute Gasteiger partial charge is 0.508 e. The molecule has 17 heavy (non-hydrogen) atoms. The lowest BCUT2D eigenvalue weighted by Gasteiger charge is -2.32. The number of nitrogens with zero attached hydrogens (tertiary/aromatic N) is 1. The van der Waals surface area contributed by atoms with Gasteiger partial charge >= 0.3 is 0 Å². The third-order valence-corrected chi connectivity index (χ3v) is 3.08. The number of nitrogens with two attached hydrogens (primary N) is 1. The molecule has 0 fully saturated rings. The molecule has 0 saturated heterocycles. The summed E-state index contributed by atoms with van der Waals surface area (Å²) < 4.78 is 0. The van der Waals surface area contributed by atoms with E-state index < -0.39 is 11.9 Å². The van der Waals surface area contributed by atoms with Crippen LogP contribution < -0.4 is 5.73 Å². The molecule has 1 aliphatic rings. The van der Waals surface area contributed by atoms with Gasteiger partial charge in [-0.3, -0.25) is 9.59 Å². The zero-order chi connectivity index (χ0) is 12.6. The van der Waals surface area contributed by atoms with Crippen LogP contribution in [0.1, 0.15) is 22.8 Å². The van der Waals surface area contributed by atoms with Crippen LogP contribution in [-0.2, 0) is 11.2 Å². The van der Waals surface area contributed by atoms with Gasteiger partial charge in [-0.2, -0.15) is 0 Å². The molecule has 0 spiro atoms. The minimum absolute atomic E-state index is 0.146. The van der Waals surface area contributed by atoms with E-state index in [0.717, 1.165) is 5.56 Å². The van der Waals surface area contributed by atoms with Gasteiger partial charge in [0.25, 0.3) is 5.91 Å². The first kappa shape index (κ1) is 11.4. The van der Waals surface area contributed by atoms with Crippen LogP contribution in [0.2, 0.25) is 0 Å². The molecule has 0 radical (unpaired) electrons. The highest BCUT2D eigenvalue weighted by Gasteiger charge is 2.30. The fourth-order valence-corrected chi connectivity index (χ4v) is 2.02. The number of phenolic OH excluding ortho intramolecular Hbond substituents is 1. The van der Waals surface area contributed by atoms with E-state index in [9.17, 15) is 14.7 Å². The van der Waals surface area contributed by atoms with E-state index in [1.54, 1.807) is 19.1 Å². The molecule has 1 aromatic carbocycles.